The van der Waals surface area contributed by atoms with Crippen molar-refractivity contribution in [3.05, 3.63) is 64.7 Å². The predicted octanol–water partition coefficient (Wildman–Crippen LogP) is 4.54. The van der Waals surface area contributed by atoms with Gasteiger partial charge in [0.15, 0.2) is 0 Å². The number of aryl methyl sites for hydroxylation is 1. The summed E-state index contributed by atoms with van der Waals surface area (Å²) < 4.78 is 0. The highest BCUT2D eigenvalue weighted by Gasteiger charge is 2.11. The number of halogens is 1. The van der Waals surface area contributed by atoms with E-state index in [0.717, 1.165) is 24.1 Å². The quantitative estimate of drug-likeness (QED) is 0.870. The van der Waals surface area contributed by atoms with Gasteiger partial charge in [0.2, 0.25) is 0 Å². The van der Waals surface area contributed by atoms with Gasteiger partial charge in [-0.25, -0.2) is 0 Å². The molecule has 0 aromatic heterocycles. The third-order valence-electron chi connectivity index (χ3n) is 2.90. The smallest absolute Gasteiger partial charge is 0.257 e. The number of anilines is 1. The number of hydrogen-bond donors (Lipinski definition) is 1. The van der Waals surface area contributed by atoms with Crippen LogP contribution in [0.4, 0.5) is 5.69 Å². The summed E-state index contributed by atoms with van der Waals surface area (Å²) in [6.07, 6.45) is 1.98. The molecule has 2 aromatic carbocycles. The molecule has 0 aliphatic rings. The summed E-state index contributed by atoms with van der Waals surface area (Å²) in [5, 5.41) is 3.39. The monoisotopic (exact) mass is 273 g/mol. The van der Waals surface area contributed by atoms with Gasteiger partial charge < -0.3 is 5.32 Å². The van der Waals surface area contributed by atoms with Crippen LogP contribution in [-0.4, -0.2) is 5.91 Å². The summed E-state index contributed by atoms with van der Waals surface area (Å²) in [7, 11) is 0. The second kappa shape index (κ2) is 6.39. The molecule has 0 spiro atoms. The highest BCUT2D eigenvalue weighted by atomic mass is 35.5. The van der Waals surface area contributed by atoms with Crippen LogP contribution in [0.5, 0.6) is 0 Å². The number of para-hydroxylation sites is 1. The third-order valence-corrected chi connectivity index (χ3v) is 3.23. The summed E-state index contributed by atoms with van der Waals surface area (Å²) in [6, 6.07) is 14.9. The first-order valence-electron chi connectivity index (χ1n) is 6.36. The minimum Gasteiger partial charge on any atom is -0.322 e. The van der Waals surface area contributed by atoms with E-state index in [1.165, 1.54) is 0 Å². The average molecular weight is 274 g/mol. The Morgan fingerprint density at radius 3 is 2.53 bits per heavy atom. The Kier molecular flexibility index (Phi) is 4.58. The number of hydrogen-bond acceptors (Lipinski definition) is 1. The Hall–Kier alpha value is -1.80. The van der Waals surface area contributed by atoms with E-state index in [2.05, 4.69) is 12.2 Å². The molecule has 2 rings (SSSR count). The van der Waals surface area contributed by atoms with Gasteiger partial charge in [0.1, 0.15) is 0 Å². The van der Waals surface area contributed by atoms with Gasteiger partial charge >= 0.3 is 0 Å². The highest BCUT2D eigenvalue weighted by Crippen LogP contribution is 2.20. The number of carbonyl (C=O) groups is 1. The molecule has 0 fully saturated rings. The van der Waals surface area contributed by atoms with Gasteiger partial charge in [-0.15, -0.1) is 0 Å². The molecule has 0 aliphatic carbocycles. The zero-order valence-corrected chi connectivity index (χ0v) is 11.6. The van der Waals surface area contributed by atoms with E-state index in [1.807, 2.05) is 30.3 Å². The van der Waals surface area contributed by atoms with Crippen LogP contribution in [0, 0.1) is 0 Å². The molecule has 19 heavy (non-hydrogen) atoms. The number of rotatable bonds is 4. The largest absolute Gasteiger partial charge is 0.322 e. The van der Waals surface area contributed by atoms with E-state index >= 15 is 0 Å². The summed E-state index contributed by atoms with van der Waals surface area (Å²) >= 11 is 6.03. The van der Waals surface area contributed by atoms with Gasteiger partial charge in [-0.2, -0.15) is 0 Å². The normalized spacial score (nSPS) is 10.2. The fraction of sp³-hybridized carbons (Fsp3) is 0.188. The predicted molar refractivity (Wildman–Crippen MR) is 79.8 cm³/mol. The summed E-state index contributed by atoms with van der Waals surface area (Å²) in [5.74, 6) is -0.172. The molecule has 1 N–H and O–H groups in total. The van der Waals surface area contributed by atoms with Crippen LogP contribution in [0.2, 0.25) is 5.02 Å². The van der Waals surface area contributed by atoms with Crippen LogP contribution in [-0.2, 0) is 6.42 Å². The molecular weight excluding hydrogens is 258 g/mol. The maximum atomic E-state index is 12.2. The van der Waals surface area contributed by atoms with Crippen molar-refractivity contribution in [1.29, 1.82) is 0 Å². The van der Waals surface area contributed by atoms with Gasteiger partial charge in [0.25, 0.3) is 5.91 Å². The van der Waals surface area contributed by atoms with Crippen molar-refractivity contribution >= 4 is 23.2 Å². The van der Waals surface area contributed by atoms with Gasteiger partial charge in [-0.05, 0) is 30.2 Å². The second-order valence-corrected chi connectivity index (χ2v) is 4.75. The SMILES string of the molecule is CCCc1ccccc1NC(=O)c1ccccc1Cl. The molecule has 0 aliphatic heterocycles. The molecule has 98 valence electrons. The minimum atomic E-state index is -0.172. The van der Waals surface area contributed by atoms with E-state index in [1.54, 1.807) is 18.2 Å². The fourth-order valence-electron chi connectivity index (χ4n) is 1.96. The molecule has 0 saturated carbocycles. The van der Waals surface area contributed by atoms with Crippen LogP contribution in [0.3, 0.4) is 0 Å². The molecule has 0 saturated heterocycles. The molecule has 3 heteroatoms. The lowest BCUT2D eigenvalue weighted by Gasteiger charge is -2.11. The van der Waals surface area contributed by atoms with Crippen molar-refractivity contribution in [3.63, 3.8) is 0 Å². The molecule has 0 unspecified atom stereocenters. The molecule has 2 aromatic rings. The third kappa shape index (κ3) is 3.36. The van der Waals surface area contributed by atoms with Crippen molar-refractivity contribution in [2.45, 2.75) is 19.8 Å². The van der Waals surface area contributed by atoms with E-state index < -0.39 is 0 Å². The molecule has 2 nitrogen and oxygen atoms in total. The molecular formula is C16H16ClNO. The lowest BCUT2D eigenvalue weighted by molar-refractivity contribution is 0.102. The highest BCUT2D eigenvalue weighted by molar-refractivity contribution is 6.34. The number of benzene rings is 2. The summed E-state index contributed by atoms with van der Waals surface area (Å²) in [5.41, 5.74) is 2.50. The molecule has 0 radical (unpaired) electrons. The average Bonchev–Trinajstić information content (AvgIpc) is 2.41. The first-order chi connectivity index (χ1) is 9.22. The lowest BCUT2D eigenvalue weighted by Crippen LogP contribution is -2.13. The van der Waals surface area contributed by atoms with E-state index in [-0.39, 0.29) is 5.91 Å². The summed E-state index contributed by atoms with van der Waals surface area (Å²) in [6.45, 7) is 2.12. The summed E-state index contributed by atoms with van der Waals surface area (Å²) in [4.78, 5) is 12.2. The Morgan fingerprint density at radius 1 is 1.11 bits per heavy atom. The zero-order chi connectivity index (χ0) is 13.7. The van der Waals surface area contributed by atoms with Crippen molar-refractivity contribution in [1.82, 2.24) is 0 Å². The zero-order valence-electron chi connectivity index (χ0n) is 10.8. The first-order valence-corrected chi connectivity index (χ1v) is 6.74. The van der Waals surface area contributed by atoms with E-state index in [0.29, 0.717) is 10.6 Å². The van der Waals surface area contributed by atoms with Crippen molar-refractivity contribution < 1.29 is 4.79 Å². The molecule has 0 heterocycles. The number of nitrogens with one attached hydrogen (secondary N) is 1. The van der Waals surface area contributed by atoms with Crippen molar-refractivity contribution in [3.8, 4) is 0 Å². The number of amides is 1. The minimum absolute atomic E-state index is 0.172. The maximum Gasteiger partial charge on any atom is 0.257 e. The Labute approximate surface area is 118 Å². The molecule has 0 bridgehead atoms. The first kappa shape index (κ1) is 13.6. The van der Waals surface area contributed by atoms with Crippen LogP contribution in [0.15, 0.2) is 48.5 Å². The molecule has 1 amide bonds. The number of carbonyl (C=O) groups excluding carboxylic acids is 1. The van der Waals surface area contributed by atoms with Crippen LogP contribution in [0.1, 0.15) is 29.3 Å². The van der Waals surface area contributed by atoms with E-state index in [4.69, 9.17) is 11.6 Å². The lowest BCUT2D eigenvalue weighted by atomic mass is 10.1. The van der Waals surface area contributed by atoms with Crippen LogP contribution >= 0.6 is 11.6 Å². The fourth-order valence-corrected chi connectivity index (χ4v) is 2.19. The van der Waals surface area contributed by atoms with Gasteiger partial charge in [-0.3, -0.25) is 4.79 Å². The van der Waals surface area contributed by atoms with Crippen LogP contribution < -0.4 is 5.32 Å². The van der Waals surface area contributed by atoms with Gasteiger partial charge in [0, 0.05) is 5.69 Å². The van der Waals surface area contributed by atoms with Gasteiger partial charge in [0.05, 0.1) is 10.6 Å². The Balaban J connectivity index is 2.22. The molecule has 0 atom stereocenters. The maximum absolute atomic E-state index is 12.2. The topological polar surface area (TPSA) is 29.1 Å². The van der Waals surface area contributed by atoms with Crippen molar-refractivity contribution in [2.75, 3.05) is 5.32 Å². The Morgan fingerprint density at radius 2 is 1.79 bits per heavy atom. The second-order valence-electron chi connectivity index (χ2n) is 4.34. The Bertz CT molecular complexity index is 580. The van der Waals surface area contributed by atoms with Crippen molar-refractivity contribution in [2.24, 2.45) is 0 Å². The standard InChI is InChI=1S/C16H16ClNO/c1-2-7-12-8-3-6-11-15(12)18-16(19)13-9-4-5-10-14(13)17/h3-6,8-11H,2,7H2,1H3,(H,18,19). The van der Waals surface area contributed by atoms with Crippen LogP contribution in [0.25, 0.3) is 0 Å². The van der Waals surface area contributed by atoms with E-state index in [9.17, 15) is 4.79 Å². The van der Waals surface area contributed by atoms with Gasteiger partial charge in [-0.1, -0.05) is 55.3 Å².